The Morgan fingerprint density at radius 3 is 2.76 bits per heavy atom. The van der Waals surface area contributed by atoms with Gasteiger partial charge in [0, 0.05) is 16.3 Å². The minimum atomic E-state index is -0.369. The highest BCUT2D eigenvalue weighted by Gasteiger charge is 2.20. The summed E-state index contributed by atoms with van der Waals surface area (Å²) >= 11 is 1.60. The molecule has 3 nitrogen and oxygen atoms in total. The third kappa shape index (κ3) is 2.34. The summed E-state index contributed by atoms with van der Waals surface area (Å²) in [5.41, 5.74) is 4.19. The van der Waals surface area contributed by atoms with Crippen molar-refractivity contribution in [3.63, 3.8) is 0 Å². The summed E-state index contributed by atoms with van der Waals surface area (Å²) in [4.78, 5) is 16.7. The lowest BCUT2D eigenvalue weighted by Gasteiger charge is -2.05. The second-order valence-corrected chi connectivity index (χ2v) is 6.30. The van der Waals surface area contributed by atoms with Gasteiger partial charge in [0.1, 0.15) is 5.82 Å². The summed E-state index contributed by atoms with van der Waals surface area (Å²) in [5.74, 6) is -0.586. The van der Waals surface area contributed by atoms with Gasteiger partial charge in [0.05, 0.1) is 15.8 Å². The van der Waals surface area contributed by atoms with Crippen LogP contribution in [0, 0.1) is 26.6 Å². The highest BCUT2D eigenvalue weighted by atomic mass is 32.1. The minimum Gasteiger partial charge on any atom is -0.357 e. The number of carbonyl (C=O) groups is 1. The van der Waals surface area contributed by atoms with Gasteiger partial charge in [-0.05, 0) is 44.5 Å². The van der Waals surface area contributed by atoms with Crippen molar-refractivity contribution in [2.45, 2.75) is 20.8 Å². The Labute approximate surface area is 125 Å². The van der Waals surface area contributed by atoms with Gasteiger partial charge in [-0.3, -0.25) is 4.79 Å². The summed E-state index contributed by atoms with van der Waals surface area (Å²) in [7, 11) is 0. The molecule has 1 aromatic carbocycles. The van der Waals surface area contributed by atoms with Crippen molar-refractivity contribution in [1.82, 2.24) is 4.98 Å². The number of aryl methyl sites for hydroxylation is 3. The number of anilines is 1. The summed E-state index contributed by atoms with van der Waals surface area (Å²) in [6.45, 7) is 5.96. The zero-order chi connectivity index (χ0) is 15.1. The van der Waals surface area contributed by atoms with E-state index >= 15 is 0 Å². The maximum atomic E-state index is 13.2. The molecule has 0 fully saturated rings. The number of hydrogen-bond acceptors (Lipinski definition) is 2. The number of H-pyrrole nitrogens is 1. The molecule has 2 N–H and O–H groups in total. The van der Waals surface area contributed by atoms with Crippen LogP contribution in [-0.2, 0) is 0 Å². The number of nitrogens with one attached hydrogen (secondary N) is 2. The molecule has 5 heteroatoms. The van der Waals surface area contributed by atoms with Crippen LogP contribution >= 0.6 is 11.3 Å². The Morgan fingerprint density at radius 2 is 2.05 bits per heavy atom. The monoisotopic (exact) mass is 302 g/mol. The number of amides is 1. The van der Waals surface area contributed by atoms with E-state index in [-0.39, 0.29) is 11.7 Å². The van der Waals surface area contributed by atoms with Crippen LogP contribution in [0.1, 0.15) is 26.5 Å². The molecule has 1 amide bonds. The number of hydrogen-bond donors (Lipinski definition) is 2. The maximum Gasteiger partial charge on any atom is 0.258 e. The number of aromatic nitrogens is 1. The van der Waals surface area contributed by atoms with Gasteiger partial charge in [0.2, 0.25) is 0 Å². The van der Waals surface area contributed by atoms with E-state index in [1.807, 2.05) is 20.8 Å². The van der Waals surface area contributed by atoms with Crippen LogP contribution < -0.4 is 5.32 Å². The number of carbonyl (C=O) groups excluding carboxylic acids is 1. The van der Waals surface area contributed by atoms with Crippen molar-refractivity contribution < 1.29 is 9.18 Å². The molecule has 0 aliphatic heterocycles. The van der Waals surface area contributed by atoms with E-state index < -0.39 is 0 Å². The Morgan fingerprint density at radius 1 is 1.29 bits per heavy atom. The van der Waals surface area contributed by atoms with Crippen LogP contribution in [0.2, 0.25) is 0 Å². The summed E-state index contributed by atoms with van der Waals surface area (Å²) in [6.07, 6.45) is 0. The number of aromatic amines is 1. The molecule has 0 aliphatic carbocycles. The second kappa shape index (κ2) is 5.00. The average Bonchev–Trinajstić information content (AvgIpc) is 2.86. The lowest BCUT2D eigenvalue weighted by molar-refractivity contribution is 0.102. The van der Waals surface area contributed by atoms with Gasteiger partial charge >= 0.3 is 0 Å². The fraction of sp³-hybridized carbons (Fsp3) is 0.188. The van der Waals surface area contributed by atoms with Gasteiger partial charge in [0.25, 0.3) is 5.91 Å². The molecule has 3 aromatic rings. The molecule has 108 valence electrons. The number of thiophene rings is 1. The molecule has 0 saturated heterocycles. The third-order valence-corrected chi connectivity index (χ3v) is 4.83. The summed E-state index contributed by atoms with van der Waals surface area (Å²) in [6, 6.07) is 5.90. The largest absolute Gasteiger partial charge is 0.357 e. The molecular formula is C16H15FN2OS. The molecule has 2 heterocycles. The van der Waals surface area contributed by atoms with Crippen molar-refractivity contribution >= 4 is 33.1 Å². The summed E-state index contributed by atoms with van der Waals surface area (Å²) < 4.78 is 14.3. The standard InChI is InChI=1S/C16H15FN2OS/c1-8-9(2)18-14-13(10(3)21-15(8)14)16(20)19-12-6-4-5-11(17)7-12/h4-7,18H,1-3H3,(H,19,20). The molecule has 0 bridgehead atoms. The van der Waals surface area contributed by atoms with E-state index in [1.54, 1.807) is 23.5 Å². The Bertz CT molecular complexity index is 847. The van der Waals surface area contributed by atoms with Crippen molar-refractivity contribution in [3.8, 4) is 0 Å². The molecular weight excluding hydrogens is 287 g/mol. The van der Waals surface area contributed by atoms with E-state index in [4.69, 9.17) is 0 Å². The predicted octanol–water partition coefficient (Wildman–Crippen LogP) is 4.55. The van der Waals surface area contributed by atoms with E-state index in [2.05, 4.69) is 10.3 Å². The molecule has 0 aliphatic rings. The van der Waals surface area contributed by atoms with Gasteiger partial charge in [-0.15, -0.1) is 11.3 Å². The Kier molecular flexibility index (Phi) is 3.29. The third-order valence-electron chi connectivity index (χ3n) is 3.61. The van der Waals surface area contributed by atoms with Crippen LogP contribution in [0.25, 0.3) is 10.2 Å². The normalized spacial score (nSPS) is 11.0. The first-order valence-electron chi connectivity index (χ1n) is 6.62. The van der Waals surface area contributed by atoms with Crippen molar-refractivity contribution in [3.05, 3.63) is 51.8 Å². The molecule has 21 heavy (non-hydrogen) atoms. The SMILES string of the molecule is Cc1[nH]c2c(C(=O)Nc3cccc(F)c3)c(C)sc2c1C. The minimum absolute atomic E-state index is 0.217. The van der Waals surface area contributed by atoms with E-state index in [0.29, 0.717) is 11.3 Å². The number of rotatable bonds is 2. The van der Waals surface area contributed by atoms with Crippen LogP contribution in [-0.4, -0.2) is 10.9 Å². The van der Waals surface area contributed by atoms with Crippen molar-refractivity contribution in [2.24, 2.45) is 0 Å². The van der Waals surface area contributed by atoms with E-state index in [0.717, 1.165) is 20.8 Å². The Hall–Kier alpha value is -2.14. The fourth-order valence-electron chi connectivity index (χ4n) is 2.41. The first-order valence-corrected chi connectivity index (χ1v) is 7.44. The van der Waals surface area contributed by atoms with Crippen molar-refractivity contribution in [2.75, 3.05) is 5.32 Å². The average molecular weight is 302 g/mol. The first-order chi connectivity index (χ1) is 9.97. The smallest absolute Gasteiger partial charge is 0.258 e. The van der Waals surface area contributed by atoms with Gasteiger partial charge in [-0.2, -0.15) is 0 Å². The quantitative estimate of drug-likeness (QED) is 0.717. The molecule has 0 unspecified atom stereocenters. The lowest BCUT2D eigenvalue weighted by Crippen LogP contribution is -2.12. The van der Waals surface area contributed by atoms with Crippen LogP contribution in [0.5, 0.6) is 0 Å². The first kappa shape index (κ1) is 13.8. The number of benzene rings is 1. The number of halogens is 1. The van der Waals surface area contributed by atoms with Crippen LogP contribution in [0.15, 0.2) is 24.3 Å². The fourth-order valence-corrected chi connectivity index (χ4v) is 3.58. The molecule has 3 rings (SSSR count). The Balaban J connectivity index is 2.01. The predicted molar refractivity (Wildman–Crippen MR) is 84.7 cm³/mol. The lowest BCUT2D eigenvalue weighted by atomic mass is 10.2. The molecule has 0 saturated carbocycles. The van der Waals surface area contributed by atoms with Crippen LogP contribution in [0.4, 0.5) is 10.1 Å². The molecule has 0 spiro atoms. The second-order valence-electron chi connectivity index (χ2n) is 5.08. The molecule has 2 aromatic heterocycles. The number of fused-ring (bicyclic) bond motifs is 1. The van der Waals surface area contributed by atoms with E-state index in [1.165, 1.54) is 17.7 Å². The van der Waals surface area contributed by atoms with Gasteiger partial charge in [-0.1, -0.05) is 6.07 Å². The highest BCUT2D eigenvalue weighted by Crippen LogP contribution is 2.34. The van der Waals surface area contributed by atoms with Gasteiger partial charge in [0.15, 0.2) is 0 Å². The van der Waals surface area contributed by atoms with E-state index in [9.17, 15) is 9.18 Å². The molecule has 0 radical (unpaired) electrons. The molecule has 0 atom stereocenters. The van der Waals surface area contributed by atoms with Crippen LogP contribution in [0.3, 0.4) is 0 Å². The highest BCUT2D eigenvalue weighted by molar-refractivity contribution is 7.19. The zero-order valence-corrected chi connectivity index (χ0v) is 12.8. The topological polar surface area (TPSA) is 44.9 Å². The maximum absolute atomic E-state index is 13.2. The zero-order valence-electron chi connectivity index (χ0n) is 12.0. The van der Waals surface area contributed by atoms with Gasteiger partial charge < -0.3 is 10.3 Å². The van der Waals surface area contributed by atoms with Crippen molar-refractivity contribution in [1.29, 1.82) is 0 Å². The summed E-state index contributed by atoms with van der Waals surface area (Å²) in [5, 5.41) is 2.75. The van der Waals surface area contributed by atoms with Gasteiger partial charge in [-0.25, -0.2) is 4.39 Å².